The standard InChI is InChI=1S/C27H38O4/c1-2-16-27(17-7-18-27)24(19-28)21-12-10-20(11-13-21)22-14-15-25(29)23(22)8-5-3-4-6-9-26(30)31/h3,5,10-13,22-24,28H,2,4,6-9,14-19H2,1H3,(H,30,31)/b5-3-/t22-,23-,24?/m1/s1. The fraction of sp³-hybridized carbons (Fsp3) is 0.630. The van der Waals surface area contributed by atoms with Crippen LogP contribution in [0.5, 0.6) is 0 Å². The summed E-state index contributed by atoms with van der Waals surface area (Å²) in [7, 11) is 0. The lowest BCUT2D eigenvalue weighted by atomic mass is 9.57. The smallest absolute Gasteiger partial charge is 0.303 e. The molecule has 0 radical (unpaired) electrons. The highest BCUT2D eigenvalue weighted by atomic mass is 16.4. The lowest BCUT2D eigenvalue weighted by Gasteiger charge is -2.48. The molecule has 2 N–H and O–H groups in total. The summed E-state index contributed by atoms with van der Waals surface area (Å²) in [5.74, 6) is 0.0717. The van der Waals surface area contributed by atoms with Crippen molar-refractivity contribution >= 4 is 11.8 Å². The molecule has 2 saturated carbocycles. The van der Waals surface area contributed by atoms with Crippen molar-refractivity contribution < 1.29 is 19.8 Å². The predicted molar refractivity (Wildman–Crippen MR) is 123 cm³/mol. The van der Waals surface area contributed by atoms with Crippen molar-refractivity contribution in [3.8, 4) is 0 Å². The summed E-state index contributed by atoms with van der Waals surface area (Å²) < 4.78 is 0. The quantitative estimate of drug-likeness (QED) is 0.318. The minimum atomic E-state index is -0.760. The van der Waals surface area contributed by atoms with Gasteiger partial charge in [-0.05, 0) is 67.4 Å². The van der Waals surface area contributed by atoms with E-state index in [1.54, 1.807) is 0 Å². The number of hydrogen-bond acceptors (Lipinski definition) is 3. The van der Waals surface area contributed by atoms with Crippen molar-refractivity contribution in [1.82, 2.24) is 0 Å². The van der Waals surface area contributed by atoms with Crippen LogP contribution in [-0.2, 0) is 9.59 Å². The maximum absolute atomic E-state index is 12.5. The van der Waals surface area contributed by atoms with Crippen LogP contribution in [0.3, 0.4) is 0 Å². The number of Topliss-reactive ketones (excluding diaryl/α,β-unsaturated/α-hetero) is 1. The second kappa shape index (κ2) is 11.1. The Morgan fingerprint density at radius 3 is 2.55 bits per heavy atom. The molecule has 2 aliphatic rings. The molecule has 0 amide bonds. The van der Waals surface area contributed by atoms with Gasteiger partial charge in [-0.3, -0.25) is 9.59 Å². The number of carbonyl (C=O) groups excluding carboxylic acids is 1. The monoisotopic (exact) mass is 426 g/mol. The number of allylic oxidation sites excluding steroid dienone is 2. The zero-order valence-electron chi connectivity index (χ0n) is 18.9. The van der Waals surface area contributed by atoms with Gasteiger partial charge in [0.2, 0.25) is 0 Å². The Kier molecular flexibility index (Phi) is 8.48. The minimum Gasteiger partial charge on any atom is -0.481 e. The molecule has 0 aliphatic heterocycles. The van der Waals surface area contributed by atoms with Crippen molar-refractivity contribution in [1.29, 1.82) is 0 Å². The van der Waals surface area contributed by atoms with E-state index in [0.717, 1.165) is 25.7 Å². The van der Waals surface area contributed by atoms with Crippen LogP contribution >= 0.6 is 0 Å². The zero-order chi connectivity index (χ0) is 22.3. The van der Waals surface area contributed by atoms with E-state index in [9.17, 15) is 14.7 Å². The summed E-state index contributed by atoms with van der Waals surface area (Å²) in [4.78, 5) is 23.1. The van der Waals surface area contributed by atoms with Crippen LogP contribution in [-0.4, -0.2) is 28.6 Å². The summed E-state index contributed by atoms with van der Waals surface area (Å²) >= 11 is 0. The minimum absolute atomic E-state index is 0.0216. The van der Waals surface area contributed by atoms with Crippen molar-refractivity contribution in [3.05, 3.63) is 47.5 Å². The van der Waals surface area contributed by atoms with E-state index < -0.39 is 5.97 Å². The number of carbonyl (C=O) groups is 2. The Balaban J connectivity index is 1.64. The first-order chi connectivity index (χ1) is 15.0. The third-order valence-electron chi connectivity index (χ3n) is 7.71. The van der Waals surface area contributed by atoms with Crippen molar-refractivity contribution in [2.24, 2.45) is 11.3 Å². The van der Waals surface area contributed by atoms with Crippen LogP contribution in [0, 0.1) is 11.3 Å². The molecule has 0 spiro atoms. The average molecular weight is 427 g/mol. The molecule has 170 valence electrons. The second-order valence-corrected chi connectivity index (χ2v) is 9.58. The fourth-order valence-electron chi connectivity index (χ4n) is 5.86. The highest BCUT2D eigenvalue weighted by molar-refractivity contribution is 5.84. The average Bonchev–Trinajstić information content (AvgIpc) is 3.10. The third-order valence-corrected chi connectivity index (χ3v) is 7.71. The molecule has 1 aromatic rings. The van der Waals surface area contributed by atoms with Gasteiger partial charge in [0.25, 0.3) is 0 Å². The molecule has 1 unspecified atom stereocenters. The SMILES string of the molecule is CCCC1(C(CO)c2ccc([C@H]3CCC(=O)[C@@H]3C/C=C\CCCC(=O)O)cc2)CCC1. The summed E-state index contributed by atoms with van der Waals surface area (Å²) in [5.41, 5.74) is 2.73. The topological polar surface area (TPSA) is 74.6 Å². The van der Waals surface area contributed by atoms with Gasteiger partial charge in [0.15, 0.2) is 0 Å². The van der Waals surface area contributed by atoms with Gasteiger partial charge in [-0.2, -0.15) is 0 Å². The number of benzene rings is 1. The molecule has 0 aromatic heterocycles. The second-order valence-electron chi connectivity index (χ2n) is 9.58. The van der Waals surface area contributed by atoms with E-state index >= 15 is 0 Å². The zero-order valence-corrected chi connectivity index (χ0v) is 18.9. The summed E-state index contributed by atoms with van der Waals surface area (Å²) in [6.07, 6.45) is 14.0. The molecule has 3 atom stereocenters. The first-order valence-electron chi connectivity index (χ1n) is 12.1. The number of unbranched alkanes of at least 4 members (excludes halogenated alkanes) is 1. The molecular formula is C27H38O4. The molecule has 0 saturated heterocycles. The summed E-state index contributed by atoms with van der Waals surface area (Å²) in [6, 6.07) is 8.74. The largest absolute Gasteiger partial charge is 0.481 e. The van der Waals surface area contributed by atoms with Gasteiger partial charge in [0, 0.05) is 24.7 Å². The lowest BCUT2D eigenvalue weighted by Crippen LogP contribution is -2.37. The summed E-state index contributed by atoms with van der Waals surface area (Å²) in [6.45, 7) is 2.44. The van der Waals surface area contributed by atoms with Gasteiger partial charge in [0.05, 0.1) is 6.61 Å². The van der Waals surface area contributed by atoms with Gasteiger partial charge in [0.1, 0.15) is 5.78 Å². The van der Waals surface area contributed by atoms with Crippen LogP contribution < -0.4 is 0 Å². The van der Waals surface area contributed by atoms with Crippen LogP contribution in [0.2, 0.25) is 0 Å². The van der Waals surface area contributed by atoms with Crippen molar-refractivity contribution in [3.63, 3.8) is 0 Å². The molecular weight excluding hydrogens is 388 g/mol. The van der Waals surface area contributed by atoms with E-state index in [0.29, 0.717) is 18.6 Å². The van der Waals surface area contributed by atoms with Gasteiger partial charge >= 0.3 is 5.97 Å². The highest BCUT2D eigenvalue weighted by Gasteiger charge is 2.43. The number of aliphatic hydroxyl groups is 1. The number of aliphatic hydroxyl groups excluding tert-OH is 1. The molecule has 0 heterocycles. The summed E-state index contributed by atoms with van der Waals surface area (Å²) in [5, 5.41) is 18.9. The first kappa shape index (κ1) is 23.7. The Bertz CT molecular complexity index is 760. The molecule has 1 aromatic carbocycles. The Labute approximate surface area is 186 Å². The van der Waals surface area contributed by atoms with E-state index in [4.69, 9.17) is 5.11 Å². The number of aliphatic carboxylic acids is 1. The van der Waals surface area contributed by atoms with E-state index in [1.807, 2.05) is 6.08 Å². The lowest BCUT2D eigenvalue weighted by molar-refractivity contribution is -0.137. The Morgan fingerprint density at radius 2 is 1.97 bits per heavy atom. The molecule has 0 bridgehead atoms. The highest BCUT2D eigenvalue weighted by Crippen LogP contribution is 2.54. The van der Waals surface area contributed by atoms with Crippen LogP contribution in [0.1, 0.15) is 101 Å². The van der Waals surface area contributed by atoms with Gasteiger partial charge in [-0.25, -0.2) is 0 Å². The molecule has 2 fully saturated rings. The molecule has 31 heavy (non-hydrogen) atoms. The van der Waals surface area contributed by atoms with Gasteiger partial charge in [-0.15, -0.1) is 0 Å². The van der Waals surface area contributed by atoms with Crippen LogP contribution in [0.15, 0.2) is 36.4 Å². The van der Waals surface area contributed by atoms with E-state index in [2.05, 4.69) is 37.3 Å². The number of rotatable bonds is 12. The van der Waals surface area contributed by atoms with Gasteiger partial charge in [-0.1, -0.05) is 56.2 Å². The first-order valence-corrected chi connectivity index (χ1v) is 12.1. The van der Waals surface area contributed by atoms with E-state index in [-0.39, 0.29) is 36.2 Å². The number of ketones is 1. The Morgan fingerprint density at radius 1 is 1.23 bits per heavy atom. The number of carboxylic acids is 1. The van der Waals surface area contributed by atoms with Crippen LogP contribution in [0.25, 0.3) is 0 Å². The maximum Gasteiger partial charge on any atom is 0.303 e. The fourth-order valence-corrected chi connectivity index (χ4v) is 5.86. The predicted octanol–water partition coefficient (Wildman–Crippen LogP) is 6.00. The molecule has 2 aliphatic carbocycles. The third kappa shape index (κ3) is 5.65. The number of hydrogen-bond donors (Lipinski definition) is 2. The maximum atomic E-state index is 12.5. The van der Waals surface area contributed by atoms with Crippen molar-refractivity contribution in [2.75, 3.05) is 6.61 Å². The number of carboxylic acid groups (broad SMARTS) is 1. The Hall–Kier alpha value is -1.94. The van der Waals surface area contributed by atoms with Crippen LogP contribution in [0.4, 0.5) is 0 Å². The molecule has 3 rings (SSSR count). The van der Waals surface area contributed by atoms with Crippen molar-refractivity contribution in [2.45, 2.75) is 89.4 Å². The molecule has 4 heteroatoms. The normalized spacial score (nSPS) is 23.7. The van der Waals surface area contributed by atoms with Gasteiger partial charge < -0.3 is 10.2 Å². The molecule has 4 nitrogen and oxygen atoms in total. The van der Waals surface area contributed by atoms with E-state index in [1.165, 1.54) is 36.8 Å².